The first-order valence-electron chi connectivity index (χ1n) is 4.28. The Kier molecular flexibility index (Phi) is 3.70. The summed E-state index contributed by atoms with van der Waals surface area (Å²) in [6.07, 6.45) is 0. The first-order chi connectivity index (χ1) is 6.06. The summed E-state index contributed by atoms with van der Waals surface area (Å²) < 4.78 is 1.31. The Labute approximate surface area is 92.8 Å². The monoisotopic (exact) mass is 290 g/mol. The minimum atomic E-state index is -0.0330. The van der Waals surface area contributed by atoms with Gasteiger partial charge in [-0.15, -0.1) is 0 Å². The van der Waals surface area contributed by atoms with Crippen molar-refractivity contribution in [2.75, 3.05) is 6.54 Å². The van der Waals surface area contributed by atoms with Crippen LogP contribution in [-0.4, -0.2) is 6.54 Å². The molecule has 3 heteroatoms. The third kappa shape index (κ3) is 2.42. The van der Waals surface area contributed by atoms with Gasteiger partial charge < -0.3 is 11.5 Å². The van der Waals surface area contributed by atoms with Crippen LogP contribution >= 0.6 is 22.6 Å². The maximum atomic E-state index is 5.85. The van der Waals surface area contributed by atoms with Gasteiger partial charge in [0, 0.05) is 16.2 Å². The van der Waals surface area contributed by atoms with Gasteiger partial charge in [0.1, 0.15) is 0 Å². The van der Waals surface area contributed by atoms with E-state index in [0.29, 0.717) is 6.54 Å². The molecule has 4 N–H and O–H groups in total. The van der Waals surface area contributed by atoms with Crippen LogP contribution in [0.1, 0.15) is 22.7 Å². The van der Waals surface area contributed by atoms with Crippen LogP contribution in [0.3, 0.4) is 0 Å². The molecular weight excluding hydrogens is 275 g/mol. The number of benzene rings is 1. The normalized spacial score (nSPS) is 13.0. The van der Waals surface area contributed by atoms with Crippen molar-refractivity contribution < 1.29 is 0 Å². The quantitative estimate of drug-likeness (QED) is 0.817. The Balaban J connectivity index is 3.13. The molecule has 0 saturated carbocycles. The average Bonchev–Trinajstić information content (AvgIpc) is 2.12. The fourth-order valence-electron chi connectivity index (χ4n) is 1.33. The summed E-state index contributed by atoms with van der Waals surface area (Å²) in [6, 6.07) is 4.20. The SMILES string of the molecule is Cc1cc([C@@H](N)CN)cc(C)c1I. The van der Waals surface area contributed by atoms with Crippen molar-refractivity contribution in [3.8, 4) is 0 Å². The van der Waals surface area contributed by atoms with Gasteiger partial charge in [0.15, 0.2) is 0 Å². The second-order valence-corrected chi connectivity index (χ2v) is 4.39. The molecule has 0 bridgehead atoms. The fourth-order valence-corrected chi connectivity index (χ4v) is 1.64. The van der Waals surface area contributed by atoms with Crippen LogP contribution in [0, 0.1) is 17.4 Å². The molecule has 0 heterocycles. The lowest BCUT2D eigenvalue weighted by Crippen LogP contribution is -2.21. The Morgan fingerprint density at radius 1 is 1.31 bits per heavy atom. The number of aryl methyl sites for hydroxylation is 2. The lowest BCUT2D eigenvalue weighted by atomic mass is 10.0. The van der Waals surface area contributed by atoms with Gasteiger partial charge in [-0.3, -0.25) is 0 Å². The molecule has 2 nitrogen and oxygen atoms in total. The van der Waals surface area contributed by atoms with Crippen molar-refractivity contribution >= 4 is 22.6 Å². The van der Waals surface area contributed by atoms with E-state index in [0.717, 1.165) is 5.56 Å². The molecule has 0 aliphatic heterocycles. The molecule has 0 aromatic heterocycles. The first-order valence-corrected chi connectivity index (χ1v) is 5.36. The zero-order chi connectivity index (χ0) is 10.0. The van der Waals surface area contributed by atoms with Gasteiger partial charge in [0.2, 0.25) is 0 Å². The highest BCUT2D eigenvalue weighted by Crippen LogP contribution is 2.21. The second-order valence-electron chi connectivity index (χ2n) is 3.31. The molecule has 1 aromatic rings. The highest BCUT2D eigenvalue weighted by Gasteiger charge is 2.07. The summed E-state index contributed by atoms with van der Waals surface area (Å²) in [5.41, 5.74) is 15.1. The fraction of sp³-hybridized carbons (Fsp3) is 0.400. The summed E-state index contributed by atoms with van der Waals surface area (Å²) in [5, 5.41) is 0. The van der Waals surface area contributed by atoms with Crippen LogP contribution in [0.5, 0.6) is 0 Å². The average molecular weight is 290 g/mol. The van der Waals surface area contributed by atoms with Gasteiger partial charge in [-0.1, -0.05) is 12.1 Å². The second kappa shape index (κ2) is 4.39. The molecular formula is C10H15IN2. The molecule has 0 spiro atoms. The molecule has 72 valence electrons. The summed E-state index contributed by atoms with van der Waals surface area (Å²) >= 11 is 2.35. The molecule has 0 unspecified atom stereocenters. The molecule has 1 atom stereocenters. The molecule has 1 aromatic carbocycles. The number of hydrogen-bond acceptors (Lipinski definition) is 2. The Morgan fingerprint density at radius 3 is 2.15 bits per heavy atom. The van der Waals surface area contributed by atoms with Crippen molar-refractivity contribution in [3.63, 3.8) is 0 Å². The van der Waals surface area contributed by atoms with Crippen molar-refractivity contribution in [1.82, 2.24) is 0 Å². The largest absolute Gasteiger partial charge is 0.329 e. The van der Waals surface area contributed by atoms with E-state index in [2.05, 4.69) is 48.6 Å². The van der Waals surface area contributed by atoms with Crippen molar-refractivity contribution in [1.29, 1.82) is 0 Å². The molecule has 13 heavy (non-hydrogen) atoms. The van der Waals surface area contributed by atoms with Crippen molar-refractivity contribution in [2.45, 2.75) is 19.9 Å². The Bertz CT molecular complexity index is 287. The molecule has 0 fully saturated rings. The minimum absolute atomic E-state index is 0.0330. The topological polar surface area (TPSA) is 52.0 Å². The number of halogens is 1. The van der Waals surface area contributed by atoms with Gasteiger partial charge in [-0.05, 0) is 53.1 Å². The standard InChI is InChI=1S/C10H15IN2/c1-6-3-8(9(13)5-12)4-7(2)10(6)11/h3-4,9H,5,12-13H2,1-2H3/t9-/m0/s1. The third-order valence-electron chi connectivity index (χ3n) is 2.14. The van der Waals surface area contributed by atoms with E-state index in [9.17, 15) is 0 Å². The maximum absolute atomic E-state index is 5.85. The van der Waals surface area contributed by atoms with Gasteiger partial charge in [-0.25, -0.2) is 0 Å². The van der Waals surface area contributed by atoms with Crippen LogP contribution in [0.2, 0.25) is 0 Å². The summed E-state index contributed by atoms with van der Waals surface area (Å²) in [4.78, 5) is 0. The van der Waals surface area contributed by atoms with Crippen LogP contribution in [0.15, 0.2) is 12.1 Å². The smallest absolute Gasteiger partial charge is 0.0419 e. The van der Waals surface area contributed by atoms with Gasteiger partial charge in [0.25, 0.3) is 0 Å². The van der Waals surface area contributed by atoms with Crippen LogP contribution in [-0.2, 0) is 0 Å². The lowest BCUT2D eigenvalue weighted by molar-refractivity contribution is 0.735. The van der Waals surface area contributed by atoms with Gasteiger partial charge in [0.05, 0.1) is 0 Å². The van der Waals surface area contributed by atoms with E-state index in [1.165, 1.54) is 14.7 Å². The molecule has 0 amide bonds. The van der Waals surface area contributed by atoms with E-state index >= 15 is 0 Å². The van der Waals surface area contributed by atoms with E-state index in [-0.39, 0.29) is 6.04 Å². The zero-order valence-corrected chi connectivity index (χ0v) is 10.1. The number of nitrogens with two attached hydrogens (primary N) is 2. The Hall–Kier alpha value is -0.130. The number of rotatable bonds is 2. The predicted octanol–water partition coefficient (Wildman–Crippen LogP) is 1.87. The van der Waals surface area contributed by atoms with Crippen molar-refractivity contribution in [3.05, 3.63) is 32.4 Å². The van der Waals surface area contributed by atoms with Gasteiger partial charge >= 0.3 is 0 Å². The first kappa shape index (κ1) is 10.9. The zero-order valence-electron chi connectivity index (χ0n) is 7.97. The summed E-state index contributed by atoms with van der Waals surface area (Å²) in [5.74, 6) is 0. The molecule has 0 radical (unpaired) electrons. The molecule has 0 saturated heterocycles. The predicted molar refractivity (Wildman–Crippen MR) is 64.6 cm³/mol. The van der Waals surface area contributed by atoms with Crippen LogP contribution in [0.25, 0.3) is 0 Å². The Morgan fingerprint density at radius 2 is 1.77 bits per heavy atom. The van der Waals surface area contributed by atoms with Crippen LogP contribution in [0.4, 0.5) is 0 Å². The van der Waals surface area contributed by atoms with Gasteiger partial charge in [-0.2, -0.15) is 0 Å². The molecule has 0 aliphatic carbocycles. The van der Waals surface area contributed by atoms with E-state index in [4.69, 9.17) is 11.5 Å². The maximum Gasteiger partial charge on any atom is 0.0419 e. The van der Waals surface area contributed by atoms with Crippen molar-refractivity contribution in [2.24, 2.45) is 11.5 Å². The lowest BCUT2D eigenvalue weighted by Gasteiger charge is -2.12. The molecule has 1 rings (SSSR count). The minimum Gasteiger partial charge on any atom is -0.329 e. The van der Waals surface area contributed by atoms with Crippen LogP contribution < -0.4 is 11.5 Å². The highest BCUT2D eigenvalue weighted by molar-refractivity contribution is 14.1. The summed E-state index contributed by atoms with van der Waals surface area (Å²) in [6.45, 7) is 4.70. The number of hydrogen-bond donors (Lipinski definition) is 2. The van der Waals surface area contributed by atoms with E-state index < -0.39 is 0 Å². The third-order valence-corrected chi connectivity index (χ3v) is 3.84. The van der Waals surface area contributed by atoms with E-state index in [1.807, 2.05) is 0 Å². The van der Waals surface area contributed by atoms with E-state index in [1.54, 1.807) is 0 Å². The summed E-state index contributed by atoms with van der Waals surface area (Å²) in [7, 11) is 0. The highest BCUT2D eigenvalue weighted by atomic mass is 127. The molecule has 0 aliphatic rings.